The van der Waals surface area contributed by atoms with E-state index < -0.39 is 0 Å². The van der Waals surface area contributed by atoms with E-state index in [-0.39, 0.29) is 36.3 Å². The Morgan fingerprint density at radius 3 is 2.67 bits per heavy atom. The molecule has 0 radical (unpaired) electrons. The number of hydrogen-bond acceptors (Lipinski definition) is 3. The minimum absolute atomic E-state index is 0.00768. The Kier molecular flexibility index (Phi) is 4.96. The third-order valence-electron chi connectivity index (χ3n) is 3.84. The molecule has 21 heavy (non-hydrogen) atoms. The molecule has 0 saturated heterocycles. The lowest BCUT2D eigenvalue weighted by molar-refractivity contribution is -0.117. The van der Waals surface area contributed by atoms with Crippen LogP contribution >= 0.6 is 0 Å². The first kappa shape index (κ1) is 15.5. The average Bonchev–Trinajstić information content (AvgIpc) is 3.31. The van der Waals surface area contributed by atoms with Crippen molar-refractivity contribution in [3.05, 3.63) is 29.8 Å². The summed E-state index contributed by atoms with van der Waals surface area (Å²) in [7, 11) is 0. The lowest BCUT2D eigenvalue weighted by Crippen LogP contribution is -2.38. The van der Waals surface area contributed by atoms with Gasteiger partial charge in [-0.2, -0.15) is 0 Å². The zero-order chi connectivity index (χ0) is 15.4. The second kappa shape index (κ2) is 6.72. The summed E-state index contributed by atoms with van der Waals surface area (Å²) >= 11 is 0. The molecule has 3 N–H and O–H groups in total. The summed E-state index contributed by atoms with van der Waals surface area (Å²) < 4.78 is 0. The number of rotatable bonds is 6. The maximum absolute atomic E-state index is 12.2. The van der Waals surface area contributed by atoms with Gasteiger partial charge in [-0.05, 0) is 43.9 Å². The van der Waals surface area contributed by atoms with Crippen molar-refractivity contribution in [2.45, 2.75) is 32.7 Å². The smallest absolute Gasteiger partial charge is 0.251 e. The number of nitrogens with one attached hydrogen (secondary N) is 2. The van der Waals surface area contributed by atoms with Gasteiger partial charge in [-0.15, -0.1) is 0 Å². The molecule has 1 aromatic carbocycles. The van der Waals surface area contributed by atoms with Gasteiger partial charge in [0.2, 0.25) is 5.91 Å². The zero-order valence-electron chi connectivity index (χ0n) is 12.4. The van der Waals surface area contributed by atoms with Crippen LogP contribution in [0.15, 0.2) is 24.3 Å². The predicted molar refractivity (Wildman–Crippen MR) is 81.0 cm³/mol. The Morgan fingerprint density at radius 2 is 2.05 bits per heavy atom. The predicted octanol–water partition coefficient (Wildman–Crippen LogP) is 1.78. The molecular formula is C16H22N2O3. The molecule has 114 valence electrons. The second-order valence-electron chi connectivity index (χ2n) is 5.77. The van der Waals surface area contributed by atoms with E-state index in [1.807, 2.05) is 13.8 Å². The van der Waals surface area contributed by atoms with Crippen LogP contribution in [0.25, 0.3) is 0 Å². The first-order chi connectivity index (χ1) is 10.0. The second-order valence-corrected chi connectivity index (χ2v) is 5.77. The fourth-order valence-electron chi connectivity index (χ4n) is 1.92. The fraction of sp³-hybridized carbons (Fsp3) is 0.500. The molecular weight excluding hydrogens is 268 g/mol. The van der Waals surface area contributed by atoms with Gasteiger partial charge in [0.1, 0.15) is 0 Å². The monoisotopic (exact) mass is 290 g/mol. The van der Waals surface area contributed by atoms with Gasteiger partial charge in [0.25, 0.3) is 5.91 Å². The summed E-state index contributed by atoms with van der Waals surface area (Å²) in [5, 5.41) is 14.8. The number of aliphatic hydroxyl groups excluding tert-OH is 1. The molecule has 5 heteroatoms. The summed E-state index contributed by atoms with van der Waals surface area (Å²) in [4.78, 5) is 23.9. The van der Waals surface area contributed by atoms with E-state index in [1.165, 1.54) is 0 Å². The molecule has 1 aliphatic rings. The van der Waals surface area contributed by atoms with Crippen LogP contribution in [0, 0.1) is 11.8 Å². The quantitative estimate of drug-likeness (QED) is 0.747. The van der Waals surface area contributed by atoms with Crippen LogP contribution in [0.1, 0.15) is 37.0 Å². The standard InChI is InChI=1S/C16H22N2O3/c1-10(9-19)11(2)17-16(21)13-4-3-5-14(8-13)18-15(20)12-6-7-12/h3-5,8,10-12,19H,6-7,9H2,1-2H3,(H,17,21)(H,18,20). The molecule has 2 atom stereocenters. The molecule has 5 nitrogen and oxygen atoms in total. The normalized spacial score (nSPS) is 16.9. The highest BCUT2D eigenvalue weighted by Gasteiger charge is 2.29. The minimum Gasteiger partial charge on any atom is -0.396 e. The van der Waals surface area contributed by atoms with Crippen molar-refractivity contribution in [1.29, 1.82) is 0 Å². The van der Waals surface area contributed by atoms with Crippen molar-refractivity contribution < 1.29 is 14.7 Å². The summed E-state index contributed by atoms with van der Waals surface area (Å²) in [6, 6.07) is 6.78. The number of benzene rings is 1. The van der Waals surface area contributed by atoms with Gasteiger partial charge in [-0.25, -0.2) is 0 Å². The van der Waals surface area contributed by atoms with Gasteiger partial charge in [-0.1, -0.05) is 13.0 Å². The molecule has 2 amide bonds. The molecule has 1 fully saturated rings. The van der Waals surface area contributed by atoms with Crippen molar-refractivity contribution in [1.82, 2.24) is 5.32 Å². The molecule has 1 saturated carbocycles. The van der Waals surface area contributed by atoms with Gasteiger partial charge in [0.05, 0.1) is 0 Å². The number of carbonyl (C=O) groups excluding carboxylic acids is 2. The highest BCUT2D eigenvalue weighted by molar-refractivity contribution is 5.98. The Balaban J connectivity index is 1.98. The first-order valence-corrected chi connectivity index (χ1v) is 7.34. The molecule has 2 rings (SSSR count). The lowest BCUT2D eigenvalue weighted by Gasteiger charge is -2.19. The van der Waals surface area contributed by atoms with E-state index in [9.17, 15) is 9.59 Å². The van der Waals surface area contributed by atoms with Gasteiger partial charge in [0.15, 0.2) is 0 Å². The van der Waals surface area contributed by atoms with Gasteiger partial charge >= 0.3 is 0 Å². The third kappa shape index (κ3) is 4.29. The van der Waals surface area contributed by atoms with E-state index in [0.717, 1.165) is 12.8 Å². The molecule has 0 bridgehead atoms. The van der Waals surface area contributed by atoms with Gasteiger partial charge in [0, 0.05) is 29.8 Å². The largest absolute Gasteiger partial charge is 0.396 e. The van der Waals surface area contributed by atoms with Crippen LogP contribution in [-0.2, 0) is 4.79 Å². The number of carbonyl (C=O) groups is 2. The van der Waals surface area contributed by atoms with Gasteiger partial charge in [-0.3, -0.25) is 9.59 Å². The molecule has 1 aliphatic carbocycles. The minimum atomic E-state index is -0.203. The van der Waals surface area contributed by atoms with E-state index in [0.29, 0.717) is 11.3 Å². The van der Waals surface area contributed by atoms with Crippen molar-refractivity contribution in [3.63, 3.8) is 0 Å². The molecule has 0 aromatic heterocycles. The van der Waals surface area contributed by atoms with Crippen molar-refractivity contribution in [2.24, 2.45) is 11.8 Å². The summed E-state index contributed by atoms with van der Waals surface area (Å²) in [5.74, 6) is -0.0558. The van der Waals surface area contributed by atoms with Crippen molar-refractivity contribution in [2.75, 3.05) is 11.9 Å². The molecule has 0 spiro atoms. The zero-order valence-corrected chi connectivity index (χ0v) is 12.4. The molecule has 0 aliphatic heterocycles. The molecule has 0 heterocycles. The van der Waals surface area contributed by atoms with Crippen LogP contribution in [0.4, 0.5) is 5.69 Å². The highest BCUT2D eigenvalue weighted by Crippen LogP contribution is 2.30. The molecule has 2 unspecified atom stereocenters. The van der Waals surface area contributed by atoms with E-state index >= 15 is 0 Å². The summed E-state index contributed by atoms with van der Waals surface area (Å²) in [6.07, 6.45) is 1.89. The van der Waals surface area contributed by atoms with Crippen LogP contribution in [0.3, 0.4) is 0 Å². The number of aliphatic hydroxyl groups is 1. The Hall–Kier alpha value is -1.88. The molecule has 1 aromatic rings. The van der Waals surface area contributed by atoms with Crippen LogP contribution in [0.5, 0.6) is 0 Å². The van der Waals surface area contributed by atoms with Crippen LogP contribution < -0.4 is 10.6 Å². The van der Waals surface area contributed by atoms with E-state index in [4.69, 9.17) is 5.11 Å². The summed E-state index contributed by atoms with van der Waals surface area (Å²) in [5.41, 5.74) is 1.14. The van der Waals surface area contributed by atoms with Crippen molar-refractivity contribution in [3.8, 4) is 0 Å². The van der Waals surface area contributed by atoms with E-state index in [1.54, 1.807) is 24.3 Å². The fourth-order valence-corrected chi connectivity index (χ4v) is 1.92. The topological polar surface area (TPSA) is 78.4 Å². The number of hydrogen-bond donors (Lipinski definition) is 3. The lowest BCUT2D eigenvalue weighted by atomic mass is 10.0. The number of anilines is 1. The number of amides is 2. The maximum atomic E-state index is 12.2. The first-order valence-electron chi connectivity index (χ1n) is 7.34. The average molecular weight is 290 g/mol. The SMILES string of the molecule is CC(CO)C(C)NC(=O)c1cccc(NC(=O)C2CC2)c1. The Morgan fingerprint density at radius 1 is 1.33 bits per heavy atom. The Bertz CT molecular complexity index is 526. The van der Waals surface area contributed by atoms with Crippen molar-refractivity contribution >= 4 is 17.5 Å². The third-order valence-corrected chi connectivity index (χ3v) is 3.84. The summed E-state index contributed by atoms with van der Waals surface area (Å²) in [6.45, 7) is 3.76. The van der Waals surface area contributed by atoms with Gasteiger partial charge < -0.3 is 15.7 Å². The van der Waals surface area contributed by atoms with E-state index in [2.05, 4.69) is 10.6 Å². The maximum Gasteiger partial charge on any atom is 0.251 e. The highest BCUT2D eigenvalue weighted by atomic mass is 16.3. The van der Waals surface area contributed by atoms with Crippen LogP contribution in [-0.4, -0.2) is 29.6 Å². The Labute approximate surface area is 124 Å². The van der Waals surface area contributed by atoms with Crippen LogP contribution in [0.2, 0.25) is 0 Å².